The largest absolute Gasteiger partial charge is 0.465 e. The van der Waals surface area contributed by atoms with Crippen LogP contribution in [-0.4, -0.2) is 47.7 Å². The molecule has 1 saturated heterocycles. The van der Waals surface area contributed by atoms with Crippen molar-refractivity contribution >= 4 is 29.5 Å². The first kappa shape index (κ1) is 20.1. The molecule has 1 unspecified atom stereocenters. The van der Waals surface area contributed by atoms with E-state index >= 15 is 0 Å². The molecule has 0 N–H and O–H groups in total. The number of non-ortho nitro benzene ring substituents is 1. The summed E-state index contributed by atoms with van der Waals surface area (Å²) in [6.07, 6.45) is 2.18. The fourth-order valence-electron chi connectivity index (χ4n) is 2.39. The first-order chi connectivity index (χ1) is 12.6. The van der Waals surface area contributed by atoms with E-state index in [1.165, 1.54) is 48.4 Å². The minimum atomic E-state index is -0.791. The van der Waals surface area contributed by atoms with Crippen LogP contribution in [0.15, 0.2) is 41.2 Å². The summed E-state index contributed by atoms with van der Waals surface area (Å²) in [5, 5.41) is 10.6. The maximum atomic E-state index is 12.5. The molecule has 1 aromatic carbocycles. The second-order valence-electron chi connectivity index (χ2n) is 6.72. The first-order valence-corrected chi connectivity index (χ1v) is 8.18. The third kappa shape index (κ3) is 4.90. The molecular weight excluding hydrogens is 354 g/mol. The van der Waals surface area contributed by atoms with Crippen molar-refractivity contribution in [3.8, 4) is 0 Å². The molecule has 0 bridgehead atoms. The molecule has 1 fully saturated rings. The summed E-state index contributed by atoms with van der Waals surface area (Å²) in [6.45, 7) is 4.91. The fourth-order valence-corrected chi connectivity index (χ4v) is 2.39. The number of rotatable bonds is 6. The number of hydrogen-bond acceptors (Lipinski definition) is 7. The van der Waals surface area contributed by atoms with Gasteiger partial charge in [-0.15, -0.1) is 0 Å². The summed E-state index contributed by atoms with van der Waals surface area (Å²) in [7, 11) is 1.58. The summed E-state index contributed by atoms with van der Waals surface area (Å²) in [4.78, 5) is 39.2. The maximum absolute atomic E-state index is 12.5. The van der Waals surface area contributed by atoms with Crippen molar-refractivity contribution in [3.05, 3.63) is 46.3 Å². The number of carbonyl (C=O) groups excluding carboxylic acids is 2. The van der Waals surface area contributed by atoms with Gasteiger partial charge in [-0.25, -0.2) is 0 Å². The van der Waals surface area contributed by atoms with Crippen LogP contribution in [0.2, 0.25) is 0 Å². The average molecular weight is 375 g/mol. The topological polar surface area (TPSA) is 111 Å². The Labute approximate surface area is 156 Å². The molecule has 0 radical (unpaired) electrons. The van der Waals surface area contributed by atoms with E-state index in [0.29, 0.717) is 11.6 Å². The van der Waals surface area contributed by atoms with Gasteiger partial charge in [-0.3, -0.25) is 29.6 Å². The maximum Gasteiger partial charge on any atom is 0.302 e. The smallest absolute Gasteiger partial charge is 0.302 e. The van der Waals surface area contributed by atoms with E-state index in [2.05, 4.69) is 4.99 Å². The van der Waals surface area contributed by atoms with E-state index < -0.39 is 22.4 Å². The van der Waals surface area contributed by atoms with Crippen molar-refractivity contribution < 1.29 is 24.0 Å². The van der Waals surface area contributed by atoms with Crippen LogP contribution in [0.3, 0.4) is 0 Å². The van der Waals surface area contributed by atoms with Gasteiger partial charge in [0.1, 0.15) is 6.61 Å². The van der Waals surface area contributed by atoms with Gasteiger partial charge in [0.15, 0.2) is 12.0 Å². The standard InChI is InChI=1S/C18H21N3O6/c1-12(22)26-11-18(2,3)16-17(23)20(4)15(27-16)9-10-19-13-5-7-14(8-6-13)21(24)25/h5-10,16H,11H2,1-4H3/b15-9-,19-10?. The molecule has 9 nitrogen and oxygen atoms in total. The van der Waals surface area contributed by atoms with E-state index in [-0.39, 0.29) is 18.2 Å². The number of likely N-dealkylation sites (N-methyl/N-ethyl adjacent to an activating group) is 1. The van der Waals surface area contributed by atoms with Gasteiger partial charge in [-0.05, 0) is 12.1 Å². The minimum Gasteiger partial charge on any atom is -0.465 e. The number of nitro benzene ring substituents is 1. The highest BCUT2D eigenvalue weighted by Gasteiger charge is 2.46. The second kappa shape index (κ2) is 7.98. The van der Waals surface area contributed by atoms with Gasteiger partial charge >= 0.3 is 5.97 Å². The number of hydrogen-bond donors (Lipinski definition) is 0. The molecule has 0 aliphatic carbocycles. The predicted molar refractivity (Wildman–Crippen MR) is 97.4 cm³/mol. The Morgan fingerprint density at radius 1 is 1.41 bits per heavy atom. The second-order valence-corrected chi connectivity index (χ2v) is 6.72. The molecule has 1 heterocycles. The van der Waals surface area contributed by atoms with Crippen LogP contribution in [0, 0.1) is 15.5 Å². The van der Waals surface area contributed by atoms with Crippen LogP contribution in [0.1, 0.15) is 20.8 Å². The molecule has 144 valence electrons. The molecule has 9 heteroatoms. The quantitative estimate of drug-likeness (QED) is 0.327. The minimum absolute atomic E-state index is 0.0189. The Morgan fingerprint density at radius 3 is 2.59 bits per heavy atom. The molecule has 1 amide bonds. The van der Waals surface area contributed by atoms with E-state index in [1.807, 2.05) is 0 Å². The lowest BCUT2D eigenvalue weighted by atomic mass is 9.87. The SMILES string of the molecule is CC(=O)OCC(C)(C)C1O/C(=C\C=Nc2ccc([N+](=O)[O-])cc2)N(C)C1=O. The van der Waals surface area contributed by atoms with Gasteiger partial charge in [0.2, 0.25) is 0 Å². The highest BCUT2D eigenvalue weighted by atomic mass is 16.6. The van der Waals surface area contributed by atoms with Crippen LogP contribution in [0.25, 0.3) is 0 Å². The van der Waals surface area contributed by atoms with Gasteiger partial charge in [-0.2, -0.15) is 0 Å². The predicted octanol–water partition coefficient (Wildman–Crippen LogP) is 2.59. The third-order valence-corrected chi connectivity index (χ3v) is 3.98. The number of allylic oxidation sites excluding steroid dienone is 1. The van der Waals surface area contributed by atoms with Crippen LogP contribution in [0.5, 0.6) is 0 Å². The molecule has 0 spiro atoms. The number of carbonyl (C=O) groups is 2. The normalized spacial score (nSPS) is 18.8. The monoisotopic (exact) mass is 375 g/mol. The summed E-state index contributed by atoms with van der Waals surface area (Å²) < 4.78 is 10.8. The van der Waals surface area contributed by atoms with Gasteiger partial charge in [0, 0.05) is 43.8 Å². The van der Waals surface area contributed by atoms with Crippen LogP contribution >= 0.6 is 0 Å². The third-order valence-electron chi connectivity index (χ3n) is 3.98. The fraction of sp³-hybridized carbons (Fsp3) is 0.389. The van der Waals surface area contributed by atoms with Crippen molar-refractivity contribution in [2.75, 3.05) is 13.7 Å². The Bertz CT molecular complexity index is 798. The van der Waals surface area contributed by atoms with Crippen molar-refractivity contribution in [3.63, 3.8) is 0 Å². The zero-order valence-electron chi connectivity index (χ0n) is 15.5. The number of benzene rings is 1. The van der Waals surface area contributed by atoms with Crippen molar-refractivity contribution in [1.29, 1.82) is 0 Å². The first-order valence-electron chi connectivity index (χ1n) is 8.18. The van der Waals surface area contributed by atoms with Crippen molar-refractivity contribution in [1.82, 2.24) is 4.90 Å². The summed E-state index contributed by atoms with van der Waals surface area (Å²) in [6, 6.07) is 5.75. The molecule has 2 rings (SSSR count). The van der Waals surface area contributed by atoms with E-state index in [1.54, 1.807) is 20.9 Å². The van der Waals surface area contributed by atoms with Gasteiger partial charge < -0.3 is 9.47 Å². The van der Waals surface area contributed by atoms with Crippen molar-refractivity contribution in [2.24, 2.45) is 10.4 Å². The Balaban J connectivity index is 2.08. The van der Waals surface area contributed by atoms with E-state index in [0.717, 1.165) is 0 Å². The van der Waals surface area contributed by atoms with Crippen LogP contribution in [0.4, 0.5) is 11.4 Å². The van der Waals surface area contributed by atoms with Gasteiger partial charge in [0.05, 0.1) is 10.6 Å². The zero-order valence-corrected chi connectivity index (χ0v) is 15.5. The molecule has 1 aliphatic rings. The molecule has 0 saturated carbocycles. The lowest BCUT2D eigenvalue weighted by Crippen LogP contribution is -2.41. The molecule has 27 heavy (non-hydrogen) atoms. The van der Waals surface area contributed by atoms with Gasteiger partial charge in [0.25, 0.3) is 11.6 Å². The van der Waals surface area contributed by atoms with Crippen LogP contribution in [-0.2, 0) is 19.1 Å². The average Bonchev–Trinajstić information content (AvgIpc) is 2.90. The number of esters is 1. The Kier molecular flexibility index (Phi) is 5.94. The Hall–Kier alpha value is -3.23. The molecule has 1 aromatic rings. The molecule has 1 aliphatic heterocycles. The highest BCUT2D eigenvalue weighted by molar-refractivity contribution is 5.87. The summed E-state index contributed by atoms with van der Waals surface area (Å²) in [5.74, 6) is -0.360. The molecular formula is C18H21N3O6. The Morgan fingerprint density at radius 2 is 2.04 bits per heavy atom. The molecule has 1 atom stereocenters. The molecule has 0 aromatic heterocycles. The number of ether oxygens (including phenoxy) is 2. The van der Waals surface area contributed by atoms with Crippen LogP contribution < -0.4 is 0 Å². The lowest BCUT2D eigenvalue weighted by Gasteiger charge is -2.27. The van der Waals surface area contributed by atoms with E-state index in [9.17, 15) is 19.7 Å². The highest BCUT2D eigenvalue weighted by Crippen LogP contribution is 2.33. The number of nitrogens with zero attached hydrogens (tertiary/aromatic N) is 3. The summed E-state index contributed by atoms with van der Waals surface area (Å²) in [5.41, 5.74) is -0.201. The zero-order chi connectivity index (χ0) is 20.2. The number of amides is 1. The summed E-state index contributed by atoms with van der Waals surface area (Å²) >= 11 is 0. The number of aliphatic imine (C=N–C) groups is 1. The number of nitro groups is 1. The van der Waals surface area contributed by atoms with E-state index in [4.69, 9.17) is 9.47 Å². The lowest BCUT2D eigenvalue weighted by molar-refractivity contribution is -0.384. The van der Waals surface area contributed by atoms with Crippen molar-refractivity contribution in [2.45, 2.75) is 26.9 Å². The van der Waals surface area contributed by atoms with Gasteiger partial charge in [-0.1, -0.05) is 13.8 Å².